The number of hydrogen-bond donors (Lipinski definition) is 1. The molecule has 0 saturated carbocycles. The molecule has 2 heterocycles. The van der Waals surface area contributed by atoms with Crippen LogP contribution in [0.15, 0.2) is 23.1 Å². The molecule has 2 aliphatic rings. The van der Waals surface area contributed by atoms with Crippen LogP contribution in [0.3, 0.4) is 0 Å². The summed E-state index contributed by atoms with van der Waals surface area (Å²) in [6.45, 7) is 5.64. The molecule has 0 bridgehead atoms. The van der Waals surface area contributed by atoms with Crippen molar-refractivity contribution in [3.8, 4) is 0 Å². The number of rotatable bonds is 2. The molecule has 4 nitrogen and oxygen atoms in total. The second-order valence-corrected chi connectivity index (χ2v) is 7.84. The summed E-state index contributed by atoms with van der Waals surface area (Å²) in [6, 6.07) is 5.74. The van der Waals surface area contributed by atoms with E-state index in [9.17, 15) is 8.42 Å². The van der Waals surface area contributed by atoms with Crippen LogP contribution >= 0.6 is 0 Å². The van der Waals surface area contributed by atoms with Gasteiger partial charge in [0, 0.05) is 25.2 Å². The molecule has 1 fully saturated rings. The van der Waals surface area contributed by atoms with E-state index in [1.54, 1.807) is 10.4 Å². The monoisotopic (exact) mass is 294 g/mol. The van der Waals surface area contributed by atoms with E-state index >= 15 is 0 Å². The average molecular weight is 294 g/mol. The highest BCUT2D eigenvalue weighted by Gasteiger charge is 2.35. The van der Waals surface area contributed by atoms with E-state index in [1.165, 1.54) is 5.56 Å². The molecule has 0 radical (unpaired) electrons. The summed E-state index contributed by atoms with van der Waals surface area (Å²) in [5, 5.41) is 3.26. The highest BCUT2D eigenvalue weighted by molar-refractivity contribution is 7.89. The van der Waals surface area contributed by atoms with Crippen molar-refractivity contribution in [2.45, 2.75) is 63.2 Å². The standard InChI is InChI=1S/C15H22N2O2S/c1-11-4-3-5-12(2)17(11)20(18,19)15-7-6-13-9-16-10-14(13)8-15/h6-8,11-12,16H,3-5,9-10H2,1-2H3. The predicted molar refractivity (Wildman–Crippen MR) is 78.8 cm³/mol. The molecule has 2 aliphatic heterocycles. The quantitative estimate of drug-likeness (QED) is 0.910. The molecule has 2 unspecified atom stereocenters. The molecule has 0 aliphatic carbocycles. The summed E-state index contributed by atoms with van der Waals surface area (Å²) in [5.41, 5.74) is 2.33. The van der Waals surface area contributed by atoms with Gasteiger partial charge < -0.3 is 5.32 Å². The minimum Gasteiger partial charge on any atom is -0.309 e. The summed E-state index contributed by atoms with van der Waals surface area (Å²) in [4.78, 5) is 0.445. The molecular weight excluding hydrogens is 272 g/mol. The van der Waals surface area contributed by atoms with Gasteiger partial charge in [0.05, 0.1) is 4.90 Å². The lowest BCUT2D eigenvalue weighted by atomic mass is 10.0. The Morgan fingerprint density at radius 1 is 1.10 bits per heavy atom. The summed E-state index contributed by atoms with van der Waals surface area (Å²) < 4.78 is 27.5. The van der Waals surface area contributed by atoms with Crippen molar-refractivity contribution in [2.24, 2.45) is 0 Å². The Morgan fingerprint density at radius 3 is 2.45 bits per heavy atom. The van der Waals surface area contributed by atoms with Gasteiger partial charge in [-0.25, -0.2) is 8.42 Å². The topological polar surface area (TPSA) is 49.4 Å². The lowest BCUT2D eigenvalue weighted by Crippen LogP contribution is -2.47. The zero-order valence-corrected chi connectivity index (χ0v) is 12.9. The highest BCUT2D eigenvalue weighted by Crippen LogP contribution is 2.30. The normalized spacial score (nSPS) is 27.5. The molecular formula is C15H22N2O2S. The van der Waals surface area contributed by atoms with Crippen molar-refractivity contribution in [1.82, 2.24) is 9.62 Å². The molecule has 0 amide bonds. The molecule has 1 N–H and O–H groups in total. The molecule has 0 spiro atoms. The third-order valence-electron chi connectivity index (χ3n) is 4.50. The van der Waals surface area contributed by atoms with Crippen LogP contribution in [0.1, 0.15) is 44.2 Å². The number of hydrogen-bond acceptors (Lipinski definition) is 3. The molecule has 2 atom stereocenters. The van der Waals surface area contributed by atoms with Gasteiger partial charge in [-0.15, -0.1) is 0 Å². The van der Waals surface area contributed by atoms with E-state index < -0.39 is 10.0 Å². The molecule has 1 aromatic carbocycles. The minimum atomic E-state index is -3.38. The zero-order valence-electron chi connectivity index (χ0n) is 12.1. The van der Waals surface area contributed by atoms with Gasteiger partial charge >= 0.3 is 0 Å². The van der Waals surface area contributed by atoms with E-state index in [1.807, 2.05) is 26.0 Å². The lowest BCUT2D eigenvalue weighted by Gasteiger charge is -2.37. The van der Waals surface area contributed by atoms with Crippen molar-refractivity contribution in [1.29, 1.82) is 0 Å². The van der Waals surface area contributed by atoms with Gasteiger partial charge in [-0.1, -0.05) is 12.5 Å². The molecule has 1 aromatic rings. The number of fused-ring (bicyclic) bond motifs is 1. The maximum absolute atomic E-state index is 12.9. The van der Waals surface area contributed by atoms with Crippen LogP contribution in [-0.2, 0) is 23.1 Å². The van der Waals surface area contributed by atoms with Gasteiger partial charge in [-0.2, -0.15) is 4.31 Å². The molecule has 1 saturated heterocycles. The van der Waals surface area contributed by atoms with E-state index in [0.717, 1.165) is 37.9 Å². The summed E-state index contributed by atoms with van der Waals surface area (Å²) >= 11 is 0. The van der Waals surface area contributed by atoms with Gasteiger partial charge in [-0.3, -0.25) is 0 Å². The smallest absolute Gasteiger partial charge is 0.243 e. The Labute approximate surface area is 121 Å². The van der Waals surface area contributed by atoms with Gasteiger partial charge in [0.1, 0.15) is 0 Å². The molecule has 110 valence electrons. The fraction of sp³-hybridized carbons (Fsp3) is 0.600. The second kappa shape index (κ2) is 5.13. The maximum Gasteiger partial charge on any atom is 0.243 e. The Balaban J connectivity index is 1.99. The van der Waals surface area contributed by atoms with Gasteiger partial charge in [0.25, 0.3) is 0 Å². The first-order valence-corrected chi connectivity index (χ1v) is 8.80. The van der Waals surface area contributed by atoms with Crippen LogP contribution in [0.2, 0.25) is 0 Å². The van der Waals surface area contributed by atoms with E-state index in [4.69, 9.17) is 0 Å². The summed E-state index contributed by atoms with van der Waals surface area (Å²) in [7, 11) is -3.38. The Hall–Kier alpha value is -0.910. The van der Waals surface area contributed by atoms with Crippen molar-refractivity contribution in [3.05, 3.63) is 29.3 Å². The van der Waals surface area contributed by atoms with Crippen LogP contribution in [0.4, 0.5) is 0 Å². The Kier molecular flexibility index (Phi) is 3.60. The second-order valence-electron chi connectivity index (χ2n) is 6.00. The first-order chi connectivity index (χ1) is 9.50. The number of nitrogens with zero attached hydrogens (tertiary/aromatic N) is 1. The largest absolute Gasteiger partial charge is 0.309 e. The lowest BCUT2D eigenvalue weighted by molar-refractivity contribution is 0.204. The van der Waals surface area contributed by atoms with Crippen molar-refractivity contribution in [2.75, 3.05) is 0 Å². The number of piperidine rings is 1. The minimum absolute atomic E-state index is 0.0927. The molecule has 5 heteroatoms. The zero-order chi connectivity index (χ0) is 14.3. The first kappa shape index (κ1) is 14.0. The number of nitrogens with one attached hydrogen (secondary N) is 1. The SMILES string of the molecule is CC1CCCC(C)N1S(=O)(=O)c1ccc2c(c1)CNC2. The maximum atomic E-state index is 12.9. The van der Waals surface area contributed by atoms with E-state index in [2.05, 4.69) is 5.32 Å². The Morgan fingerprint density at radius 2 is 1.75 bits per heavy atom. The van der Waals surface area contributed by atoms with Crippen LogP contribution in [0.5, 0.6) is 0 Å². The molecule has 20 heavy (non-hydrogen) atoms. The predicted octanol–water partition coefficient (Wildman–Crippen LogP) is 2.24. The molecule has 3 rings (SSSR count). The van der Waals surface area contributed by atoms with Gasteiger partial charge in [0.2, 0.25) is 10.0 Å². The first-order valence-electron chi connectivity index (χ1n) is 7.36. The van der Waals surface area contributed by atoms with Crippen LogP contribution in [0, 0.1) is 0 Å². The number of benzene rings is 1. The van der Waals surface area contributed by atoms with E-state index in [-0.39, 0.29) is 12.1 Å². The fourth-order valence-corrected chi connectivity index (χ4v) is 5.36. The van der Waals surface area contributed by atoms with Crippen molar-refractivity contribution < 1.29 is 8.42 Å². The Bertz CT molecular complexity index is 602. The summed E-state index contributed by atoms with van der Waals surface area (Å²) in [6.07, 6.45) is 3.02. The molecule has 0 aromatic heterocycles. The third-order valence-corrected chi connectivity index (χ3v) is 6.62. The van der Waals surface area contributed by atoms with Crippen molar-refractivity contribution >= 4 is 10.0 Å². The van der Waals surface area contributed by atoms with Gasteiger partial charge in [0.15, 0.2) is 0 Å². The van der Waals surface area contributed by atoms with Crippen molar-refractivity contribution in [3.63, 3.8) is 0 Å². The fourth-order valence-electron chi connectivity index (χ4n) is 3.42. The average Bonchev–Trinajstić information content (AvgIpc) is 2.85. The summed E-state index contributed by atoms with van der Waals surface area (Å²) in [5.74, 6) is 0. The number of sulfonamides is 1. The third kappa shape index (κ3) is 2.28. The highest BCUT2D eigenvalue weighted by atomic mass is 32.2. The van der Waals surface area contributed by atoms with Crippen LogP contribution in [-0.4, -0.2) is 24.8 Å². The van der Waals surface area contributed by atoms with Crippen LogP contribution in [0.25, 0.3) is 0 Å². The van der Waals surface area contributed by atoms with Crippen LogP contribution < -0.4 is 5.32 Å². The van der Waals surface area contributed by atoms with Gasteiger partial charge in [-0.05, 0) is 49.9 Å². The van der Waals surface area contributed by atoms with E-state index in [0.29, 0.717) is 4.90 Å².